The first-order valence-electron chi connectivity index (χ1n) is 7.10. The van der Waals surface area contributed by atoms with Crippen LogP contribution in [0.2, 0.25) is 0 Å². The maximum atomic E-state index is 12.6. The molecule has 1 aliphatic heterocycles. The van der Waals surface area contributed by atoms with Crippen molar-refractivity contribution in [1.29, 1.82) is 0 Å². The second-order valence-corrected chi connectivity index (χ2v) is 7.96. The molecule has 0 saturated carbocycles. The van der Waals surface area contributed by atoms with Crippen molar-refractivity contribution in [1.82, 2.24) is 10.0 Å². The number of benzene rings is 1. The number of hydrogen-bond donors (Lipinski definition) is 3. The molecule has 0 aromatic heterocycles. The van der Waals surface area contributed by atoms with E-state index in [0.29, 0.717) is 15.7 Å². The first kappa shape index (κ1) is 20.4. The molecule has 130 valence electrons. The van der Waals surface area contributed by atoms with E-state index in [-0.39, 0.29) is 29.3 Å². The zero-order valence-electron chi connectivity index (χ0n) is 13.0. The number of sulfonamides is 1. The quantitative estimate of drug-likeness (QED) is 0.688. The van der Waals surface area contributed by atoms with Crippen LogP contribution in [-0.4, -0.2) is 33.5 Å². The molecule has 1 fully saturated rings. The van der Waals surface area contributed by atoms with Crippen LogP contribution in [0, 0.1) is 6.92 Å². The lowest BCUT2D eigenvalue weighted by Gasteiger charge is -2.24. The molecule has 1 heterocycles. The Morgan fingerprint density at radius 1 is 1.30 bits per heavy atom. The molecule has 1 amide bonds. The number of nitrogens with one attached hydrogen (secondary N) is 3. The van der Waals surface area contributed by atoms with Gasteiger partial charge in [-0.1, -0.05) is 0 Å². The average Bonchev–Trinajstić information content (AvgIpc) is 2.42. The summed E-state index contributed by atoms with van der Waals surface area (Å²) in [7, 11) is -3.58. The van der Waals surface area contributed by atoms with E-state index in [4.69, 9.17) is 0 Å². The number of piperidine rings is 1. The summed E-state index contributed by atoms with van der Waals surface area (Å²) in [4.78, 5) is 11.4. The summed E-state index contributed by atoms with van der Waals surface area (Å²) in [5.41, 5.74) is 1.15. The molecule has 0 atom stereocenters. The molecule has 6 nitrogen and oxygen atoms in total. The molecule has 1 aliphatic rings. The first-order valence-corrected chi connectivity index (χ1v) is 9.38. The molecule has 23 heavy (non-hydrogen) atoms. The lowest BCUT2D eigenvalue weighted by Crippen LogP contribution is -2.42. The Kier molecular flexibility index (Phi) is 7.47. The van der Waals surface area contributed by atoms with E-state index in [9.17, 15) is 13.2 Å². The van der Waals surface area contributed by atoms with Crippen LogP contribution in [0.25, 0.3) is 0 Å². The van der Waals surface area contributed by atoms with Gasteiger partial charge in [-0.2, -0.15) is 0 Å². The highest BCUT2D eigenvalue weighted by Crippen LogP contribution is 2.29. The summed E-state index contributed by atoms with van der Waals surface area (Å²) in [6.45, 7) is 4.76. The minimum absolute atomic E-state index is 0. The van der Waals surface area contributed by atoms with Crippen molar-refractivity contribution in [3.63, 3.8) is 0 Å². The van der Waals surface area contributed by atoms with Gasteiger partial charge in [-0.05, 0) is 66.5 Å². The number of rotatable bonds is 4. The van der Waals surface area contributed by atoms with Crippen LogP contribution in [0.3, 0.4) is 0 Å². The fraction of sp³-hybridized carbons (Fsp3) is 0.500. The third-order valence-corrected chi connectivity index (χ3v) is 5.84. The molecular formula is C14H21BrClN3O3S. The Bertz CT molecular complexity index is 676. The molecule has 0 unspecified atom stereocenters. The van der Waals surface area contributed by atoms with Crippen molar-refractivity contribution in [2.45, 2.75) is 37.6 Å². The highest BCUT2D eigenvalue weighted by Gasteiger charge is 2.24. The van der Waals surface area contributed by atoms with Crippen LogP contribution in [0.4, 0.5) is 5.69 Å². The monoisotopic (exact) mass is 425 g/mol. The minimum Gasteiger partial charge on any atom is -0.325 e. The van der Waals surface area contributed by atoms with Crippen molar-refractivity contribution < 1.29 is 13.2 Å². The van der Waals surface area contributed by atoms with E-state index in [1.54, 1.807) is 13.0 Å². The first-order chi connectivity index (χ1) is 10.3. The number of amides is 1. The second-order valence-electron chi connectivity index (χ2n) is 5.42. The van der Waals surface area contributed by atoms with Gasteiger partial charge in [-0.3, -0.25) is 4.79 Å². The van der Waals surface area contributed by atoms with Gasteiger partial charge >= 0.3 is 0 Å². The molecule has 3 N–H and O–H groups in total. The van der Waals surface area contributed by atoms with E-state index >= 15 is 0 Å². The van der Waals surface area contributed by atoms with Gasteiger partial charge in [0.05, 0.1) is 10.6 Å². The van der Waals surface area contributed by atoms with Gasteiger partial charge in [0, 0.05) is 17.4 Å². The molecule has 1 saturated heterocycles. The topological polar surface area (TPSA) is 87.3 Å². The highest BCUT2D eigenvalue weighted by molar-refractivity contribution is 9.10. The third-order valence-electron chi connectivity index (χ3n) is 3.53. The van der Waals surface area contributed by atoms with Gasteiger partial charge in [0.2, 0.25) is 15.9 Å². The van der Waals surface area contributed by atoms with Crippen molar-refractivity contribution in [3.8, 4) is 0 Å². The van der Waals surface area contributed by atoms with E-state index in [1.165, 1.54) is 13.0 Å². The summed E-state index contributed by atoms with van der Waals surface area (Å²) in [6, 6.07) is 3.14. The SMILES string of the molecule is CC(=O)Nc1cc(C)c(S(=O)(=O)NC2CCNCC2)cc1Br.Cl. The largest absolute Gasteiger partial charge is 0.325 e. The van der Waals surface area contributed by atoms with E-state index in [1.807, 2.05) is 0 Å². The second kappa shape index (κ2) is 8.43. The van der Waals surface area contributed by atoms with Crippen LogP contribution >= 0.6 is 28.3 Å². The summed E-state index contributed by atoms with van der Waals surface area (Å²) >= 11 is 3.31. The Morgan fingerprint density at radius 3 is 2.48 bits per heavy atom. The predicted molar refractivity (Wildman–Crippen MR) is 96.6 cm³/mol. The van der Waals surface area contributed by atoms with Crippen LogP contribution in [0.5, 0.6) is 0 Å². The Balaban J connectivity index is 0.00000264. The van der Waals surface area contributed by atoms with Gasteiger partial charge in [0.15, 0.2) is 0 Å². The van der Waals surface area contributed by atoms with Crippen LogP contribution < -0.4 is 15.4 Å². The van der Waals surface area contributed by atoms with Crippen molar-refractivity contribution in [3.05, 3.63) is 22.2 Å². The lowest BCUT2D eigenvalue weighted by atomic mass is 10.1. The van der Waals surface area contributed by atoms with E-state index < -0.39 is 10.0 Å². The Hall–Kier alpha value is -0.670. The number of halogens is 2. The lowest BCUT2D eigenvalue weighted by molar-refractivity contribution is -0.114. The molecule has 1 aromatic rings. The third kappa shape index (κ3) is 5.42. The maximum Gasteiger partial charge on any atom is 0.241 e. The van der Waals surface area contributed by atoms with Gasteiger partial charge < -0.3 is 10.6 Å². The highest BCUT2D eigenvalue weighted by atomic mass is 79.9. The summed E-state index contributed by atoms with van der Waals surface area (Å²) in [6.07, 6.45) is 1.56. The van der Waals surface area contributed by atoms with Gasteiger partial charge in [0.1, 0.15) is 0 Å². The van der Waals surface area contributed by atoms with Crippen LogP contribution in [-0.2, 0) is 14.8 Å². The van der Waals surface area contributed by atoms with E-state index in [2.05, 4.69) is 31.3 Å². The number of carbonyl (C=O) groups excluding carboxylic acids is 1. The Morgan fingerprint density at radius 2 is 1.91 bits per heavy atom. The summed E-state index contributed by atoms with van der Waals surface area (Å²) in [5, 5.41) is 5.87. The van der Waals surface area contributed by atoms with Gasteiger partial charge in [-0.25, -0.2) is 13.1 Å². The summed E-state index contributed by atoms with van der Waals surface area (Å²) < 4.78 is 28.4. The number of aryl methyl sites for hydroxylation is 1. The summed E-state index contributed by atoms with van der Waals surface area (Å²) in [5.74, 6) is -0.205. The minimum atomic E-state index is -3.58. The fourth-order valence-corrected chi connectivity index (χ4v) is 4.61. The molecule has 1 aromatic carbocycles. The van der Waals surface area contributed by atoms with Crippen molar-refractivity contribution in [2.75, 3.05) is 18.4 Å². The number of anilines is 1. The van der Waals surface area contributed by atoms with Crippen LogP contribution in [0.1, 0.15) is 25.3 Å². The molecule has 0 aliphatic carbocycles. The van der Waals surface area contributed by atoms with Crippen molar-refractivity contribution in [2.24, 2.45) is 0 Å². The molecule has 0 bridgehead atoms. The normalized spacial score (nSPS) is 15.8. The standard InChI is InChI=1S/C14H20BrN3O3S.ClH/c1-9-7-13(17-10(2)19)12(15)8-14(9)22(20,21)18-11-3-5-16-6-4-11;/h7-8,11,16,18H,3-6H2,1-2H3,(H,17,19);1H. The number of carbonyl (C=O) groups is 1. The Labute approximate surface area is 151 Å². The smallest absolute Gasteiger partial charge is 0.241 e. The number of hydrogen-bond acceptors (Lipinski definition) is 4. The molecule has 0 spiro atoms. The van der Waals surface area contributed by atoms with Gasteiger partial charge in [-0.15, -0.1) is 12.4 Å². The predicted octanol–water partition coefficient (Wildman–Crippen LogP) is 2.17. The van der Waals surface area contributed by atoms with Gasteiger partial charge in [0.25, 0.3) is 0 Å². The average molecular weight is 427 g/mol. The van der Waals surface area contributed by atoms with Crippen LogP contribution in [0.15, 0.2) is 21.5 Å². The molecule has 0 radical (unpaired) electrons. The molecular weight excluding hydrogens is 406 g/mol. The fourth-order valence-electron chi connectivity index (χ4n) is 2.46. The maximum absolute atomic E-state index is 12.6. The zero-order chi connectivity index (χ0) is 16.3. The van der Waals surface area contributed by atoms with E-state index in [0.717, 1.165) is 25.9 Å². The molecule has 9 heteroatoms. The van der Waals surface area contributed by atoms with Crippen molar-refractivity contribution >= 4 is 50.0 Å². The molecule has 2 rings (SSSR count). The zero-order valence-corrected chi connectivity index (χ0v) is 16.2.